The van der Waals surface area contributed by atoms with Crippen LogP contribution < -0.4 is 14.8 Å². The largest absolute Gasteiger partial charge is 0.496 e. The molecule has 2 aromatic carbocycles. The highest BCUT2D eigenvalue weighted by Crippen LogP contribution is 2.48. The zero-order chi connectivity index (χ0) is 28.6. The second-order valence-electron chi connectivity index (χ2n) is 10.0. The fraction of sp³-hybridized carbons (Fsp3) is 0.226. The third kappa shape index (κ3) is 5.39. The highest BCUT2D eigenvalue weighted by molar-refractivity contribution is 7.12. The molecule has 0 bridgehead atoms. The maximum absolute atomic E-state index is 12.7. The molecule has 0 aliphatic carbocycles. The van der Waals surface area contributed by atoms with Crippen molar-refractivity contribution in [3.63, 3.8) is 0 Å². The van der Waals surface area contributed by atoms with Crippen molar-refractivity contribution >= 4 is 58.0 Å². The number of thiophene rings is 2. The van der Waals surface area contributed by atoms with Crippen LogP contribution >= 0.6 is 34.3 Å². The van der Waals surface area contributed by atoms with Gasteiger partial charge in [0.05, 0.1) is 17.7 Å². The molecule has 0 fully saturated rings. The molecule has 4 aromatic rings. The molecular formula is C31H28ClNO5S2. The van der Waals surface area contributed by atoms with Gasteiger partial charge in [0, 0.05) is 38.2 Å². The van der Waals surface area contributed by atoms with Crippen molar-refractivity contribution < 1.29 is 23.8 Å². The molecule has 1 unspecified atom stereocenters. The van der Waals surface area contributed by atoms with E-state index in [1.165, 1.54) is 11.3 Å². The molecule has 1 N–H and O–H groups in total. The smallest absolute Gasteiger partial charge is 0.355 e. The average Bonchev–Trinajstić information content (AvgIpc) is 3.54. The quantitative estimate of drug-likeness (QED) is 0.125. The Morgan fingerprint density at radius 3 is 2.50 bits per heavy atom. The number of ether oxygens (including phenoxy) is 3. The van der Waals surface area contributed by atoms with Gasteiger partial charge in [0.2, 0.25) is 0 Å². The van der Waals surface area contributed by atoms with Gasteiger partial charge in [0.15, 0.2) is 6.10 Å². The van der Waals surface area contributed by atoms with Crippen LogP contribution in [0.4, 0.5) is 5.69 Å². The average molecular weight is 594 g/mol. The number of allylic oxidation sites excluding steroid dienone is 1. The second kappa shape index (κ2) is 11.1. The summed E-state index contributed by atoms with van der Waals surface area (Å²) in [7, 11) is 1.57. The van der Waals surface area contributed by atoms with E-state index in [0.29, 0.717) is 27.9 Å². The Bertz CT molecular complexity index is 1630. The van der Waals surface area contributed by atoms with E-state index >= 15 is 0 Å². The van der Waals surface area contributed by atoms with E-state index in [2.05, 4.69) is 32.2 Å². The molecule has 2 aromatic heterocycles. The van der Waals surface area contributed by atoms with Gasteiger partial charge in [-0.1, -0.05) is 23.7 Å². The number of methoxy groups -OCH3 is 1. The van der Waals surface area contributed by atoms with E-state index in [-0.39, 0.29) is 5.54 Å². The summed E-state index contributed by atoms with van der Waals surface area (Å²) in [5.74, 6) is 0.289. The minimum absolute atomic E-state index is 0.245. The van der Waals surface area contributed by atoms with E-state index in [1.54, 1.807) is 42.0 Å². The zero-order valence-corrected chi connectivity index (χ0v) is 25.1. The Balaban J connectivity index is 1.67. The first-order valence-electron chi connectivity index (χ1n) is 12.6. The van der Waals surface area contributed by atoms with Crippen LogP contribution in [0.15, 0.2) is 60.0 Å². The zero-order valence-electron chi connectivity index (χ0n) is 22.7. The summed E-state index contributed by atoms with van der Waals surface area (Å²) in [5, 5.41) is 5.69. The lowest BCUT2D eigenvalue weighted by atomic mass is 9.82. The third-order valence-electron chi connectivity index (χ3n) is 6.62. The summed E-state index contributed by atoms with van der Waals surface area (Å²) in [5.41, 5.74) is 5.19. The number of halogens is 1. The topological polar surface area (TPSA) is 73.9 Å². The molecule has 0 amide bonds. The maximum atomic E-state index is 12.7. The van der Waals surface area contributed by atoms with E-state index < -0.39 is 12.1 Å². The Kier molecular flexibility index (Phi) is 7.77. The molecule has 9 heteroatoms. The Hall–Kier alpha value is -3.59. The van der Waals surface area contributed by atoms with Crippen LogP contribution in [0.1, 0.15) is 57.4 Å². The minimum atomic E-state index is -0.643. The van der Waals surface area contributed by atoms with Gasteiger partial charge in [0.1, 0.15) is 16.4 Å². The van der Waals surface area contributed by atoms with Gasteiger partial charge in [-0.2, -0.15) is 0 Å². The van der Waals surface area contributed by atoms with Crippen LogP contribution in [0.5, 0.6) is 11.5 Å². The lowest BCUT2D eigenvalue weighted by Crippen LogP contribution is -2.32. The van der Waals surface area contributed by atoms with Crippen LogP contribution in [0, 0.1) is 6.92 Å². The summed E-state index contributed by atoms with van der Waals surface area (Å²) in [4.78, 5) is 26.9. The first-order chi connectivity index (χ1) is 19.1. The van der Waals surface area contributed by atoms with Crippen molar-refractivity contribution in [2.75, 3.05) is 12.4 Å². The molecule has 1 atom stereocenters. The molecular weight excluding hydrogens is 566 g/mol. The Morgan fingerprint density at radius 2 is 1.85 bits per heavy atom. The number of nitrogens with one attached hydrogen (secondary N) is 1. The fourth-order valence-corrected chi connectivity index (χ4v) is 7.06. The third-order valence-corrected chi connectivity index (χ3v) is 8.99. The molecule has 1 aliphatic rings. The molecule has 5 rings (SSSR count). The van der Waals surface area contributed by atoms with Crippen molar-refractivity contribution in [1.82, 2.24) is 0 Å². The number of hydrogen-bond acceptors (Lipinski definition) is 8. The molecule has 6 nitrogen and oxygen atoms in total. The lowest BCUT2D eigenvalue weighted by molar-refractivity contribution is -0.132. The molecule has 0 spiro atoms. The van der Waals surface area contributed by atoms with Gasteiger partial charge in [-0.3, -0.25) is 4.79 Å². The van der Waals surface area contributed by atoms with Gasteiger partial charge in [-0.25, -0.2) is 4.79 Å². The fourth-order valence-electron chi connectivity index (χ4n) is 5.13. The van der Waals surface area contributed by atoms with E-state index in [4.69, 9.17) is 25.8 Å². The molecule has 206 valence electrons. The number of carbonyl (C=O) groups excluding carboxylic acids is 2. The van der Waals surface area contributed by atoms with Gasteiger partial charge >= 0.3 is 5.97 Å². The summed E-state index contributed by atoms with van der Waals surface area (Å²) >= 11 is 8.92. The SMILES string of the molecule is COc1cc(OC(=O)c2sccc2Cl)ccc1-c1ccc2c(c1C(OC=O)c1ccc(C)s1)C(C)=CC(C)(C)N2. The van der Waals surface area contributed by atoms with Crippen molar-refractivity contribution in [3.05, 3.63) is 90.8 Å². The number of carbonyl (C=O) groups is 2. The number of rotatable bonds is 8. The van der Waals surface area contributed by atoms with E-state index in [0.717, 1.165) is 43.3 Å². The van der Waals surface area contributed by atoms with Crippen LogP contribution in [-0.2, 0) is 9.53 Å². The Morgan fingerprint density at radius 1 is 1.07 bits per heavy atom. The minimum Gasteiger partial charge on any atom is -0.496 e. The predicted octanol–water partition coefficient (Wildman–Crippen LogP) is 8.54. The van der Waals surface area contributed by atoms with E-state index in [1.807, 2.05) is 37.3 Å². The lowest BCUT2D eigenvalue weighted by Gasteiger charge is -2.34. The van der Waals surface area contributed by atoms with Crippen molar-refractivity contribution in [2.24, 2.45) is 0 Å². The maximum Gasteiger partial charge on any atom is 0.355 e. The molecule has 0 saturated carbocycles. The predicted molar refractivity (Wildman–Crippen MR) is 162 cm³/mol. The van der Waals surface area contributed by atoms with Crippen LogP contribution in [0.2, 0.25) is 5.02 Å². The number of fused-ring (bicyclic) bond motifs is 1. The first-order valence-corrected chi connectivity index (χ1v) is 14.6. The number of aryl methyl sites for hydroxylation is 1. The molecule has 1 aliphatic heterocycles. The number of hydrogen-bond donors (Lipinski definition) is 1. The van der Waals surface area contributed by atoms with Crippen molar-refractivity contribution in [3.8, 4) is 22.6 Å². The highest BCUT2D eigenvalue weighted by Gasteiger charge is 2.32. The summed E-state index contributed by atoms with van der Waals surface area (Å²) in [6.07, 6.45) is 1.53. The molecule has 3 heterocycles. The van der Waals surface area contributed by atoms with E-state index in [9.17, 15) is 9.59 Å². The summed E-state index contributed by atoms with van der Waals surface area (Å²) in [6.45, 7) is 8.82. The standard InChI is InChI=1S/C31H28ClNO5S2/c1-17-15-31(3,4)33-23-10-9-21(27(26(17)23)28(37-16-34)25-11-6-18(2)40-25)20-8-7-19(14-24(20)36-5)38-30(35)29-22(32)12-13-39-29/h6-16,28,33H,1-5H3. The highest BCUT2D eigenvalue weighted by atomic mass is 35.5. The van der Waals surface area contributed by atoms with Gasteiger partial charge in [-0.15, -0.1) is 22.7 Å². The van der Waals surface area contributed by atoms with Crippen LogP contribution in [0.3, 0.4) is 0 Å². The number of anilines is 1. The first kappa shape index (κ1) is 28.0. The number of esters is 1. The monoisotopic (exact) mass is 593 g/mol. The van der Waals surface area contributed by atoms with Crippen LogP contribution in [0.25, 0.3) is 16.7 Å². The summed E-state index contributed by atoms with van der Waals surface area (Å²) < 4.78 is 17.2. The van der Waals surface area contributed by atoms with Gasteiger partial charge < -0.3 is 19.5 Å². The normalized spacial score (nSPS) is 14.4. The molecule has 40 heavy (non-hydrogen) atoms. The van der Waals surface area contributed by atoms with Crippen LogP contribution in [-0.4, -0.2) is 25.1 Å². The second-order valence-corrected chi connectivity index (χ2v) is 12.7. The Labute approximate surface area is 246 Å². The summed E-state index contributed by atoms with van der Waals surface area (Å²) in [6, 6.07) is 14.9. The van der Waals surface area contributed by atoms with Crippen molar-refractivity contribution in [1.29, 1.82) is 0 Å². The number of benzene rings is 2. The van der Waals surface area contributed by atoms with Gasteiger partial charge in [0.25, 0.3) is 6.47 Å². The van der Waals surface area contributed by atoms with Gasteiger partial charge in [-0.05, 0) is 80.6 Å². The molecule has 0 saturated heterocycles. The van der Waals surface area contributed by atoms with Crippen molar-refractivity contribution in [2.45, 2.75) is 39.3 Å². The molecule has 0 radical (unpaired) electrons.